The SMILES string of the molecule is Cc1ccc2ccccc2c1P(C(C)C)C(C)C. The van der Waals surface area contributed by atoms with Gasteiger partial charge in [-0.1, -0.05) is 72.0 Å². The van der Waals surface area contributed by atoms with Crippen LogP contribution in [0.1, 0.15) is 33.3 Å². The lowest BCUT2D eigenvalue weighted by Crippen LogP contribution is -2.18. The molecular weight excluding hydrogens is 235 g/mol. The molecule has 0 spiro atoms. The van der Waals surface area contributed by atoms with Crippen molar-refractivity contribution in [1.82, 2.24) is 0 Å². The summed E-state index contributed by atoms with van der Waals surface area (Å²) in [5.41, 5.74) is 2.94. The fourth-order valence-corrected chi connectivity index (χ4v) is 6.01. The molecule has 2 rings (SSSR count). The molecule has 0 aliphatic heterocycles. The summed E-state index contributed by atoms with van der Waals surface area (Å²) in [6.07, 6.45) is 0. The predicted molar refractivity (Wildman–Crippen MR) is 85.5 cm³/mol. The second-order valence-corrected chi connectivity index (χ2v) is 8.87. The monoisotopic (exact) mass is 258 g/mol. The number of aryl methyl sites for hydroxylation is 1. The highest BCUT2D eigenvalue weighted by Gasteiger charge is 2.22. The molecular formula is C17H23P. The van der Waals surface area contributed by atoms with E-state index in [9.17, 15) is 0 Å². The fourth-order valence-electron chi connectivity index (χ4n) is 2.82. The molecule has 0 aliphatic carbocycles. The summed E-state index contributed by atoms with van der Waals surface area (Å²) in [5.74, 6) is 0. The maximum Gasteiger partial charge on any atom is -0.0104 e. The fraction of sp³-hybridized carbons (Fsp3) is 0.412. The van der Waals surface area contributed by atoms with Crippen molar-refractivity contribution in [2.24, 2.45) is 0 Å². The first-order chi connectivity index (χ1) is 8.52. The third kappa shape index (κ3) is 2.45. The van der Waals surface area contributed by atoms with Crippen molar-refractivity contribution < 1.29 is 0 Å². The van der Waals surface area contributed by atoms with Gasteiger partial charge in [0.25, 0.3) is 0 Å². The number of hydrogen-bond acceptors (Lipinski definition) is 0. The minimum Gasteiger partial charge on any atom is -0.0691 e. The number of rotatable bonds is 3. The van der Waals surface area contributed by atoms with Crippen molar-refractivity contribution in [2.75, 3.05) is 0 Å². The van der Waals surface area contributed by atoms with Crippen LogP contribution in [-0.4, -0.2) is 11.3 Å². The predicted octanol–water partition coefficient (Wildman–Crippen LogP) is 5.07. The Morgan fingerprint density at radius 1 is 0.833 bits per heavy atom. The molecule has 0 saturated heterocycles. The highest BCUT2D eigenvalue weighted by Crippen LogP contribution is 2.47. The van der Waals surface area contributed by atoms with E-state index in [1.807, 2.05) is 0 Å². The Hall–Kier alpha value is -0.870. The van der Waals surface area contributed by atoms with E-state index in [1.165, 1.54) is 16.3 Å². The van der Waals surface area contributed by atoms with Gasteiger partial charge in [-0.25, -0.2) is 0 Å². The van der Waals surface area contributed by atoms with Crippen LogP contribution in [0.3, 0.4) is 0 Å². The summed E-state index contributed by atoms with van der Waals surface area (Å²) < 4.78 is 0. The standard InChI is InChI=1S/C17H23P/c1-12(2)18(13(3)4)17-14(5)10-11-15-8-6-7-9-16(15)17/h6-13H,1-5H3. The molecule has 0 nitrogen and oxygen atoms in total. The Balaban J connectivity index is 2.71. The van der Waals surface area contributed by atoms with Crippen molar-refractivity contribution in [1.29, 1.82) is 0 Å². The van der Waals surface area contributed by atoms with Crippen LogP contribution in [0.4, 0.5) is 0 Å². The van der Waals surface area contributed by atoms with Gasteiger partial charge in [0.1, 0.15) is 0 Å². The van der Waals surface area contributed by atoms with Gasteiger partial charge in [0, 0.05) is 0 Å². The molecule has 0 saturated carbocycles. The Bertz CT molecular complexity index is 532. The van der Waals surface area contributed by atoms with Crippen molar-refractivity contribution in [3.63, 3.8) is 0 Å². The van der Waals surface area contributed by atoms with Gasteiger partial charge in [-0.05, 0) is 39.9 Å². The van der Waals surface area contributed by atoms with Gasteiger partial charge < -0.3 is 0 Å². The second kappa shape index (κ2) is 5.41. The lowest BCUT2D eigenvalue weighted by atomic mass is 10.1. The Labute approximate surface area is 112 Å². The smallest absolute Gasteiger partial charge is 0.0104 e. The van der Waals surface area contributed by atoms with Crippen LogP contribution in [0.5, 0.6) is 0 Å². The lowest BCUT2D eigenvalue weighted by Gasteiger charge is -2.29. The largest absolute Gasteiger partial charge is 0.0691 e. The van der Waals surface area contributed by atoms with E-state index < -0.39 is 0 Å². The molecule has 0 heterocycles. The van der Waals surface area contributed by atoms with E-state index in [0.29, 0.717) is 0 Å². The van der Waals surface area contributed by atoms with Crippen molar-refractivity contribution in [3.05, 3.63) is 42.0 Å². The highest BCUT2D eigenvalue weighted by molar-refractivity contribution is 7.67. The molecule has 18 heavy (non-hydrogen) atoms. The zero-order valence-corrected chi connectivity index (χ0v) is 13.0. The maximum atomic E-state index is 2.37. The summed E-state index contributed by atoms with van der Waals surface area (Å²) in [6.45, 7) is 11.7. The van der Waals surface area contributed by atoms with Crippen LogP contribution in [0, 0.1) is 6.92 Å². The molecule has 2 aromatic carbocycles. The third-order valence-corrected chi connectivity index (χ3v) is 6.81. The maximum absolute atomic E-state index is 2.37. The van der Waals surface area contributed by atoms with Crippen molar-refractivity contribution in [2.45, 2.75) is 45.9 Å². The first kappa shape index (κ1) is 13.6. The zero-order valence-electron chi connectivity index (χ0n) is 12.1. The van der Waals surface area contributed by atoms with E-state index in [4.69, 9.17) is 0 Å². The highest BCUT2D eigenvalue weighted by atomic mass is 31.1. The van der Waals surface area contributed by atoms with E-state index >= 15 is 0 Å². The first-order valence-corrected chi connectivity index (χ1v) is 8.27. The molecule has 96 valence electrons. The molecule has 0 aromatic heterocycles. The van der Waals surface area contributed by atoms with Gasteiger partial charge in [-0.15, -0.1) is 0 Å². The van der Waals surface area contributed by atoms with Gasteiger partial charge in [-0.2, -0.15) is 0 Å². The third-order valence-electron chi connectivity index (χ3n) is 3.47. The van der Waals surface area contributed by atoms with Gasteiger partial charge in [0.2, 0.25) is 0 Å². The zero-order chi connectivity index (χ0) is 13.3. The summed E-state index contributed by atoms with van der Waals surface area (Å²) in [4.78, 5) is 0. The summed E-state index contributed by atoms with van der Waals surface area (Å²) in [7, 11) is -0.0944. The first-order valence-electron chi connectivity index (χ1n) is 6.79. The molecule has 1 heteroatoms. The van der Waals surface area contributed by atoms with E-state index in [0.717, 1.165) is 11.3 Å². The average Bonchev–Trinajstić information content (AvgIpc) is 2.31. The minimum absolute atomic E-state index is 0.0944. The minimum atomic E-state index is -0.0944. The Morgan fingerprint density at radius 3 is 2.06 bits per heavy atom. The van der Waals surface area contributed by atoms with Gasteiger partial charge in [0.05, 0.1) is 0 Å². The van der Waals surface area contributed by atoms with Gasteiger partial charge in [-0.3, -0.25) is 0 Å². The second-order valence-electron chi connectivity index (χ2n) is 5.55. The van der Waals surface area contributed by atoms with Crippen LogP contribution in [0.25, 0.3) is 10.8 Å². The normalized spacial score (nSPS) is 12.0. The van der Waals surface area contributed by atoms with Gasteiger partial charge in [0.15, 0.2) is 0 Å². The molecule has 0 N–H and O–H groups in total. The molecule has 0 atom stereocenters. The number of hydrogen-bond donors (Lipinski definition) is 0. The topological polar surface area (TPSA) is 0 Å². The van der Waals surface area contributed by atoms with E-state index in [-0.39, 0.29) is 7.92 Å². The Kier molecular flexibility index (Phi) is 4.07. The molecule has 0 fully saturated rings. The number of fused-ring (bicyclic) bond motifs is 1. The van der Waals surface area contributed by atoms with Crippen LogP contribution < -0.4 is 5.30 Å². The van der Waals surface area contributed by atoms with E-state index in [1.54, 1.807) is 5.30 Å². The molecule has 0 amide bonds. The Morgan fingerprint density at radius 2 is 1.44 bits per heavy atom. The average molecular weight is 258 g/mol. The molecule has 2 aromatic rings. The van der Waals surface area contributed by atoms with Crippen LogP contribution in [0.2, 0.25) is 0 Å². The molecule has 0 bridgehead atoms. The lowest BCUT2D eigenvalue weighted by molar-refractivity contribution is 1.02. The van der Waals surface area contributed by atoms with Crippen molar-refractivity contribution in [3.8, 4) is 0 Å². The summed E-state index contributed by atoms with van der Waals surface area (Å²) in [6, 6.07) is 13.4. The quantitative estimate of drug-likeness (QED) is 0.674. The summed E-state index contributed by atoms with van der Waals surface area (Å²) >= 11 is 0. The van der Waals surface area contributed by atoms with Crippen LogP contribution >= 0.6 is 7.92 Å². The van der Waals surface area contributed by atoms with Crippen LogP contribution in [-0.2, 0) is 0 Å². The van der Waals surface area contributed by atoms with Gasteiger partial charge >= 0.3 is 0 Å². The molecule has 0 radical (unpaired) electrons. The molecule has 0 aliphatic rings. The van der Waals surface area contributed by atoms with E-state index in [2.05, 4.69) is 71.0 Å². The summed E-state index contributed by atoms with van der Waals surface area (Å²) in [5, 5.41) is 4.46. The molecule has 0 unspecified atom stereocenters. The van der Waals surface area contributed by atoms with Crippen LogP contribution in [0.15, 0.2) is 36.4 Å². The number of benzene rings is 2. The van der Waals surface area contributed by atoms with Crippen molar-refractivity contribution >= 4 is 24.0 Å².